The molecule has 26 heavy (non-hydrogen) atoms. The summed E-state index contributed by atoms with van der Waals surface area (Å²) in [7, 11) is 0. The van der Waals surface area contributed by atoms with Crippen molar-refractivity contribution in [2.75, 3.05) is 5.75 Å². The maximum absolute atomic E-state index is 12.5. The largest absolute Gasteiger partial charge is 0.393 e. The molecule has 3 fully saturated rings. The Morgan fingerprint density at radius 3 is 2.77 bits per heavy atom. The van der Waals surface area contributed by atoms with Gasteiger partial charge in [0.1, 0.15) is 11.4 Å². The third kappa shape index (κ3) is 2.23. The number of aliphatic hydroxyl groups excluding tert-OH is 1. The molecule has 4 aliphatic carbocycles. The Labute approximate surface area is 160 Å². The summed E-state index contributed by atoms with van der Waals surface area (Å²) in [5.74, 6) is 0.717. The van der Waals surface area contributed by atoms with E-state index in [0.29, 0.717) is 31.5 Å². The van der Waals surface area contributed by atoms with Gasteiger partial charge in [0, 0.05) is 18.3 Å². The van der Waals surface area contributed by atoms with E-state index in [9.17, 15) is 19.8 Å². The van der Waals surface area contributed by atoms with Crippen molar-refractivity contribution in [3.63, 3.8) is 0 Å². The zero-order valence-corrected chi connectivity index (χ0v) is 16.6. The van der Waals surface area contributed by atoms with Gasteiger partial charge in [-0.3, -0.25) is 9.59 Å². The van der Waals surface area contributed by atoms with Gasteiger partial charge in [-0.25, -0.2) is 0 Å². The molecular weight excluding hydrogens is 348 g/mol. The Kier molecular flexibility index (Phi) is 4.26. The van der Waals surface area contributed by atoms with Gasteiger partial charge in [0.15, 0.2) is 5.78 Å². The zero-order valence-electron chi connectivity index (χ0n) is 15.7. The summed E-state index contributed by atoms with van der Waals surface area (Å²) in [6, 6.07) is 0. The van der Waals surface area contributed by atoms with Crippen molar-refractivity contribution in [3.8, 4) is 0 Å². The van der Waals surface area contributed by atoms with E-state index in [1.807, 2.05) is 6.92 Å². The molecule has 0 saturated heterocycles. The van der Waals surface area contributed by atoms with Crippen LogP contribution in [0.1, 0.15) is 58.8 Å². The number of rotatable bonds is 2. The normalized spacial score (nSPS) is 50.5. The summed E-state index contributed by atoms with van der Waals surface area (Å²) in [4.78, 5) is 24.5. The predicted octanol–water partition coefficient (Wildman–Crippen LogP) is 2.72. The molecule has 0 aromatic carbocycles. The molecule has 0 radical (unpaired) electrons. The summed E-state index contributed by atoms with van der Waals surface area (Å²) in [6.45, 7) is 4.21. The Morgan fingerprint density at radius 1 is 1.35 bits per heavy atom. The molecule has 0 spiro atoms. The Bertz CT molecular complexity index is 687. The summed E-state index contributed by atoms with van der Waals surface area (Å²) in [5.41, 5.74) is -0.901. The second kappa shape index (κ2) is 5.92. The monoisotopic (exact) mass is 378 g/mol. The fraction of sp³-hybridized carbons (Fsp3) is 0.810. The van der Waals surface area contributed by atoms with E-state index in [0.717, 1.165) is 19.3 Å². The molecule has 4 nitrogen and oxygen atoms in total. The fourth-order valence-electron chi connectivity index (χ4n) is 7.20. The number of ketones is 2. The minimum Gasteiger partial charge on any atom is -0.393 e. The van der Waals surface area contributed by atoms with Crippen molar-refractivity contribution in [3.05, 3.63) is 11.6 Å². The summed E-state index contributed by atoms with van der Waals surface area (Å²) in [6.07, 6.45) is 6.17. The third-order valence-electron chi connectivity index (χ3n) is 8.63. The average molecular weight is 379 g/mol. The number of thiol groups is 1. The molecule has 0 amide bonds. The topological polar surface area (TPSA) is 74.6 Å². The van der Waals surface area contributed by atoms with Crippen LogP contribution < -0.4 is 0 Å². The van der Waals surface area contributed by atoms with Crippen molar-refractivity contribution in [1.82, 2.24) is 0 Å². The van der Waals surface area contributed by atoms with E-state index in [-0.39, 0.29) is 34.7 Å². The minimum absolute atomic E-state index is 0.0346. The number of Topliss-reactive ketones (excluding diaryl/α,β-unsaturated/α-hetero) is 2. The van der Waals surface area contributed by atoms with Crippen molar-refractivity contribution >= 4 is 24.2 Å². The number of carbonyl (C=O) groups is 2. The van der Waals surface area contributed by atoms with E-state index in [2.05, 4.69) is 25.6 Å². The molecule has 4 aliphatic rings. The maximum Gasteiger partial charge on any atom is 0.174 e. The summed E-state index contributed by atoms with van der Waals surface area (Å²) in [5, 5.41) is 22.5. The first kappa shape index (κ1) is 18.7. The number of aliphatic hydroxyl groups is 2. The Hall–Kier alpha value is -0.650. The third-order valence-corrected chi connectivity index (χ3v) is 8.91. The fourth-order valence-corrected chi connectivity index (χ4v) is 7.46. The molecule has 0 aliphatic heterocycles. The molecule has 0 heterocycles. The first-order chi connectivity index (χ1) is 12.2. The smallest absolute Gasteiger partial charge is 0.174 e. The summed E-state index contributed by atoms with van der Waals surface area (Å²) >= 11 is 4.12. The summed E-state index contributed by atoms with van der Waals surface area (Å²) < 4.78 is 0. The SMILES string of the molecule is C[C@]12CCC(=O)CC1=CCC1C2C(O)C[C@@]2(C)C1CC[C@]2(O)C(=O)CS. The molecule has 7 atom stereocenters. The van der Waals surface area contributed by atoms with Crippen LogP contribution in [-0.4, -0.2) is 39.2 Å². The van der Waals surface area contributed by atoms with Crippen LogP contribution >= 0.6 is 12.6 Å². The quantitative estimate of drug-likeness (QED) is 0.510. The molecule has 3 saturated carbocycles. The number of allylic oxidation sites excluding steroid dienone is 2. The van der Waals surface area contributed by atoms with Crippen LogP contribution in [0.5, 0.6) is 0 Å². The van der Waals surface area contributed by atoms with Crippen molar-refractivity contribution in [2.24, 2.45) is 28.6 Å². The van der Waals surface area contributed by atoms with E-state index >= 15 is 0 Å². The van der Waals surface area contributed by atoms with Gasteiger partial charge in [-0.1, -0.05) is 25.5 Å². The number of fused-ring (bicyclic) bond motifs is 5. The van der Waals surface area contributed by atoms with E-state index < -0.39 is 17.1 Å². The average Bonchev–Trinajstić information content (AvgIpc) is 2.86. The molecule has 5 heteroatoms. The molecule has 2 N–H and O–H groups in total. The van der Waals surface area contributed by atoms with Crippen LogP contribution in [0.25, 0.3) is 0 Å². The second-order valence-electron chi connectivity index (χ2n) is 9.56. The first-order valence-electron chi connectivity index (χ1n) is 9.93. The molecule has 0 bridgehead atoms. The molecule has 0 aromatic rings. The van der Waals surface area contributed by atoms with Crippen molar-refractivity contribution in [1.29, 1.82) is 0 Å². The lowest BCUT2D eigenvalue weighted by atomic mass is 9.46. The lowest BCUT2D eigenvalue weighted by molar-refractivity contribution is -0.176. The van der Waals surface area contributed by atoms with Crippen LogP contribution in [0, 0.1) is 28.6 Å². The van der Waals surface area contributed by atoms with E-state index in [4.69, 9.17) is 0 Å². The highest BCUT2D eigenvalue weighted by atomic mass is 32.1. The van der Waals surface area contributed by atoms with Crippen LogP contribution in [0.2, 0.25) is 0 Å². The van der Waals surface area contributed by atoms with Gasteiger partial charge < -0.3 is 10.2 Å². The minimum atomic E-state index is -1.38. The Balaban J connectivity index is 1.74. The van der Waals surface area contributed by atoms with Gasteiger partial charge in [-0.2, -0.15) is 12.6 Å². The van der Waals surface area contributed by atoms with E-state index in [1.54, 1.807) is 0 Å². The lowest BCUT2D eigenvalue weighted by Crippen LogP contribution is -2.61. The zero-order chi connectivity index (χ0) is 18.9. The van der Waals surface area contributed by atoms with Gasteiger partial charge in [-0.15, -0.1) is 0 Å². The highest BCUT2D eigenvalue weighted by Crippen LogP contribution is 2.67. The van der Waals surface area contributed by atoms with E-state index in [1.165, 1.54) is 5.57 Å². The predicted molar refractivity (Wildman–Crippen MR) is 102 cm³/mol. The van der Waals surface area contributed by atoms with Gasteiger partial charge in [0.05, 0.1) is 11.9 Å². The van der Waals surface area contributed by atoms with Gasteiger partial charge in [-0.05, 0) is 55.3 Å². The Morgan fingerprint density at radius 2 is 2.08 bits per heavy atom. The molecule has 0 aromatic heterocycles. The standard InChI is InChI=1S/C21H30O4S/c1-19-7-5-13(22)9-12(19)3-4-14-15-6-8-21(25,17(24)11-26)20(15,2)10-16(23)18(14)19/h3,14-16,18,23,25-26H,4-11H2,1-2H3/t14?,15?,16?,18?,19-,20-,21-/m0/s1. The molecular formula is C21H30O4S. The van der Waals surface area contributed by atoms with Crippen LogP contribution in [0.3, 0.4) is 0 Å². The molecule has 144 valence electrons. The second-order valence-corrected chi connectivity index (χ2v) is 9.88. The van der Waals surface area contributed by atoms with Gasteiger partial charge in [0.2, 0.25) is 0 Å². The lowest BCUT2D eigenvalue weighted by Gasteiger charge is -2.59. The van der Waals surface area contributed by atoms with Gasteiger partial charge in [0.25, 0.3) is 0 Å². The highest BCUT2D eigenvalue weighted by Gasteiger charge is 2.67. The van der Waals surface area contributed by atoms with Gasteiger partial charge >= 0.3 is 0 Å². The highest BCUT2D eigenvalue weighted by molar-refractivity contribution is 7.81. The molecule has 4 rings (SSSR count). The number of carbonyl (C=O) groups excluding carboxylic acids is 2. The number of hydrogen-bond donors (Lipinski definition) is 3. The molecule has 4 unspecified atom stereocenters. The number of hydrogen-bond acceptors (Lipinski definition) is 5. The van der Waals surface area contributed by atoms with Crippen LogP contribution in [-0.2, 0) is 9.59 Å². The van der Waals surface area contributed by atoms with Crippen molar-refractivity contribution in [2.45, 2.75) is 70.5 Å². The maximum atomic E-state index is 12.5. The van der Waals surface area contributed by atoms with Crippen LogP contribution in [0.15, 0.2) is 11.6 Å². The van der Waals surface area contributed by atoms with Crippen molar-refractivity contribution < 1.29 is 19.8 Å². The first-order valence-corrected chi connectivity index (χ1v) is 10.6. The van der Waals surface area contributed by atoms with Crippen LogP contribution in [0.4, 0.5) is 0 Å².